The summed E-state index contributed by atoms with van der Waals surface area (Å²) >= 11 is 0. The zero-order valence-corrected chi connectivity index (χ0v) is 14.9. The summed E-state index contributed by atoms with van der Waals surface area (Å²) in [6.07, 6.45) is 1.26. The molecule has 0 saturated carbocycles. The number of benzene rings is 1. The molecule has 0 bridgehead atoms. The van der Waals surface area contributed by atoms with Crippen molar-refractivity contribution in [1.82, 2.24) is 10.2 Å². The van der Waals surface area contributed by atoms with Crippen LogP contribution in [-0.2, 0) is 0 Å². The van der Waals surface area contributed by atoms with Crippen LogP contribution >= 0.6 is 0 Å². The van der Waals surface area contributed by atoms with Gasteiger partial charge in [0.15, 0.2) is 0 Å². The maximum atomic E-state index is 3.68. The summed E-state index contributed by atoms with van der Waals surface area (Å²) in [6, 6.07) is 7.23. The van der Waals surface area contributed by atoms with E-state index in [-0.39, 0.29) is 0 Å². The molecule has 1 aromatic carbocycles. The lowest BCUT2D eigenvalue weighted by Crippen LogP contribution is -2.37. The van der Waals surface area contributed by atoms with Crippen molar-refractivity contribution in [3.05, 3.63) is 34.9 Å². The van der Waals surface area contributed by atoms with Crippen LogP contribution in [-0.4, -0.2) is 31.1 Å². The monoisotopic (exact) mass is 290 g/mol. The fraction of sp³-hybridized carbons (Fsp3) is 0.684. The van der Waals surface area contributed by atoms with E-state index in [1.165, 1.54) is 29.7 Å². The van der Waals surface area contributed by atoms with E-state index in [0.29, 0.717) is 6.04 Å². The topological polar surface area (TPSA) is 15.3 Å². The second-order valence-corrected chi connectivity index (χ2v) is 6.34. The van der Waals surface area contributed by atoms with Gasteiger partial charge in [0.1, 0.15) is 0 Å². The van der Waals surface area contributed by atoms with Crippen molar-refractivity contribution in [2.75, 3.05) is 26.2 Å². The smallest absolute Gasteiger partial charge is 0.0451 e. The van der Waals surface area contributed by atoms with Crippen LogP contribution in [0.25, 0.3) is 0 Å². The Bertz CT molecular complexity index is 414. The average Bonchev–Trinajstić information content (AvgIpc) is 2.48. The lowest BCUT2D eigenvalue weighted by Gasteiger charge is -2.30. The molecule has 0 aliphatic rings. The van der Waals surface area contributed by atoms with Gasteiger partial charge >= 0.3 is 0 Å². The Balaban J connectivity index is 2.87. The van der Waals surface area contributed by atoms with Gasteiger partial charge in [-0.25, -0.2) is 0 Å². The average molecular weight is 290 g/mol. The molecular formula is C19H34N2. The minimum atomic E-state index is 0.430. The summed E-state index contributed by atoms with van der Waals surface area (Å²) in [4.78, 5) is 2.59. The number of hydrogen-bond acceptors (Lipinski definition) is 2. The third kappa shape index (κ3) is 5.80. The van der Waals surface area contributed by atoms with E-state index in [1.807, 2.05) is 0 Å². The summed E-state index contributed by atoms with van der Waals surface area (Å²) in [5, 5.41) is 3.68. The molecule has 120 valence electrons. The molecule has 0 aliphatic carbocycles. The second kappa shape index (κ2) is 9.22. The normalized spacial score (nSPS) is 14.4. The molecule has 0 aliphatic heterocycles. The van der Waals surface area contributed by atoms with E-state index in [9.17, 15) is 0 Å². The summed E-state index contributed by atoms with van der Waals surface area (Å²) in [5.41, 5.74) is 4.20. The van der Waals surface area contributed by atoms with Crippen molar-refractivity contribution in [2.45, 2.75) is 54.0 Å². The van der Waals surface area contributed by atoms with E-state index in [2.05, 4.69) is 70.0 Å². The van der Waals surface area contributed by atoms with Crippen molar-refractivity contribution in [3.63, 3.8) is 0 Å². The minimum absolute atomic E-state index is 0.430. The fourth-order valence-electron chi connectivity index (χ4n) is 2.82. The molecule has 0 radical (unpaired) electrons. The first-order valence-corrected chi connectivity index (χ1v) is 8.54. The molecule has 21 heavy (non-hydrogen) atoms. The van der Waals surface area contributed by atoms with Crippen LogP contribution in [0.4, 0.5) is 0 Å². The van der Waals surface area contributed by atoms with Gasteiger partial charge in [-0.05, 0) is 44.0 Å². The van der Waals surface area contributed by atoms with Crippen molar-refractivity contribution >= 4 is 0 Å². The summed E-state index contributed by atoms with van der Waals surface area (Å²) in [6.45, 7) is 17.9. The van der Waals surface area contributed by atoms with Crippen molar-refractivity contribution in [2.24, 2.45) is 5.92 Å². The highest BCUT2D eigenvalue weighted by molar-refractivity contribution is 5.33. The Morgan fingerprint density at radius 1 is 1.10 bits per heavy atom. The number of likely N-dealkylation sites (N-methyl/N-ethyl adjacent to an activating group) is 2. The third-order valence-electron chi connectivity index (χ3n) is 4.42. The number of nitrogens with one attached hydrogen (secondary N) is 1. The molecule has 0 fully saturated rings. The molecule has 0 amide bonds. The SMILES string of the molecule is CCNC(CN(CC)CC(C)CC)c1cc(C)ccc1C. The number of rotatable bonds is 9. The van der Waals surface area contributed by atoms with Gasteiger partial charge in [-0.1, -0.05) is 57.9 Å². The fourth-order valence-corrected chi connectivity index (χ4v) is 2.82. The van der Waals surface area contributed by atoms with Crippen molar-refractivity contribution in [3.8, 4) is 0 Å². The van der Waals surface area contributed by atoms with Crippen molar-refractivity contribution in [1.29, 1.82) is 0 Å². The predicted octanol–water partition coefficient (Wildman–Crippen LogP) is 4.32. The Morgan fingerprint density at radius 2 is 1.81 bits per heavy atom. The van der Waals surface area contributed by atoms with E-state index >= 15 is 0 Å². The zero-order valence-electron chi connectivity index (χ0n) is 14.9. The Morgan fingerprint density at radius 3 is 2.38 bits per heavy atom. The molecule has 0 spiro atoms. The van der Waals surface area contributed by atoms with Crippen LogP contribution in [0.5, 0.6) is 0 Å². The highest BCUT2D eigenvalue weighted by atomic mass is 15.1. The van der Waals surface area contributed by atoms with Crippen LogP contribution in [0.15, 0.2) is 18.2 Å². The quantitative estimate of drug-likeness (QED) is 0.728. The molecule has 2 atom stereocenters. The highest BCUT2D eigenvalue weighted by Crippen LogP contribution is 2.21. The van der Waals surface area contributed by atoms with Gasteiger partial charge in [-0.15, -0.1) is 0 Å². The van der Waals surface area contributed by atoms with Crippen LogP contribution < -0.4 is 5.32 Å². The highest BCUT2D eigenvalue weighted by Gasteiger charge is 2.17. The lowest BCUT2D eigenvalue weighted by molar-refractivity contribution is 0.221. The molecule has 1 rings (SSSR count). The molecule has 0 saturated heterocycles. The van der Waals surface area contributed by atoms with E-state index < -0.39 is 0 Å². The molecule has 2 unspecified atom stereocenters. The molecule has 2 nitrogen and oxygen atoms in total. The molecule has 1 aromatic rings. The first-order chi connectivity index (χ1) is 10.0. The van der Waals surface area contributed by atoms with E-state index in [4.69, 9.17) is 0 Å². The van der Waals surface area contributed by atoms with E-state index in [1.54, 1.807) is 0 Å². The van der Waals surface area contributed by atoms with Gasteiger partial charge in [0, 0.05) is 19.1 Å². The molecule has 2 heteroatoms. The summed E-state index contributed by atoms with van der Waals surface area (Å²) in [7, 11) is 0. The number of nitrogens with zero attached hydrogens (tertiary/aromatic N) is 1. The standard InChI is InChI=1S/C19H34N2/c1-7-15(4)13-21(9-3)14-19(20-8-2)18-12-16(5)10-11-17(18)6/h10-12,15,19-20H,7-9,13-14H2,1-6H3. The first-order valence-electron chi connectivity index (χ1n) is 8.54. The van der Waals surface area contributed by atoms with Crippen LogP contribution in [0.1, 0.15) is 56.8 Å². The van der Waals surface area contributed by atoms with Crippen LogP contribution in [0.3, 0.4) is 0 Å². The lowest BCUT2D eigenvalue weighted by atomic mass is 9.98. The number of hydrogen-bond donors (Lipinski definition) is 1. The minimum Gasteiger partial charge on any atom is -0.309 e. The maximum Gasteiger partial charge on any atom is 0.0451 e. The molecule has 0 heterocycles. The van der Waals surface area contributed by atoms with Crippen LogP contribution in [0, 0.1) is 19.8 Å². The summed E-state index contributed by atoms with van der Waals surface area (Å²) in [5.74, 6) is 0.769. The molecule has 1 N–H and O–H groups in total. The van der Waals surface area contributed by atoms with Gasteiger partial charge in [-0.3, -0.25) is 0 Å². The van der Waals surface area contributed by atoms with Gasteiger partial charge in [0.25, 0.3) is 0 Å². The van der Waals surface area contributed by atoms with Crippen LogP contribution in [0.2, 0.25) is 0 Å². The van der Waals surface area contributed by atoms with Gasteiger partial charge in [-0.2, -0.15) is 0 Å². The van der Waals surface area contributed by atoms with E-state index in [0.717, 1.165) is 25.6 Å². The predicted molar refractivity (Wildman–Crippen MR) is 93.9 cm³/mol. The van der Waals surface area contributed by atoms with Gasteiger partial charge in [0.05, 0.1) is 0 Å². The maximum absolute atomic E-state index is 3.68. The molecule has 0 aromatic heterocycles. The Labute approximate surface area is 131 Å². The van der Waals surface area contributed by atoms with Gasteiger partial charge < -0.3 is 10.2 Å². The second-order valence-electron chi connectivity index (χ2n) is 6.34. The zero-order chi connectivity index (χ0) is 15.8. The Hall–Kier alpha value is -0.860. The van der Waals surface area contributed by atoms with Crippen molar-refractivity contribution < 1.29 is 0 Å². The third-order valence-corrected chi connectivity index (χ3v) is 4.42. The summed E-state index contributed by atoms with van der Waals surface area (Å²) < 4.78 is 0. The number of aryl methyl sites for hydroxylation is 2. The largest absolute Gasteiger partial charge is 0.309 e. The first kappa shape index (κ1) is 18.2. The van der Waals surface area contributed by atoms with Gasteiger partial charge in [0.2, 0.25) is 0 Å². The Kier molecular flexibility index (Phi) is 7.98. The molecular weight excluding hydrogens is 256 g/mol.